The van der Waals surface area contributed by atoms with Gasteiger partial charge in [0.1, 0.15) is 22.8 Å². The predicted octanol–water partition coefficient (Wildman–Crippen LogP) is 2.98. The summed E-state index contributed by atoms with van der Waals surface area (Å²) in [5.41, 5.74) is 0.395. The van der Waals surface area contributed by atoms with E-state index in [4.69, 9.17) is 4.74 Å². The zero-order chi connectivity index (χ0) is 26.4. The summed E-state index contributed by atoms with van der Waals surface area (Å²) in [6.07, 6.45) is 4.81. The minimum Gasteiger partial charge on any atom is -0.371 e. The third kappa shape index (κ3) is 7.04. The van der Waals surface area contributed by atoms with E-state index < -0.39 is 6.04 Å². The molecule has 10 heteroatoms. The van der Waals surface area contributed by atoms with Crippen molar-refractivity contribution in [1.82, 2.24) is 25.4 Å². The first-order valence-electron chi connectivity index (χ1n) is 13.3. The smallest absolute Gasteiger partial charge is 0.270 e. The van der Waals surface area contributed by atoms with Gasteiger partial charge in [-0.05, 0) is 52.6 Å². The number of carbonyl (C=O) groups excluding carboxylic acids is 3. The van der Waals surface area contributed by atoms with E-state index in [0.717, 1.165) is 43.7 Å². The third-order valence-electron chi connectivity index (χ3n) is 7.45. The number of rotatable bonds is 9. The Morgan fingerprint density at radius 3 is 2.64 bits per heavy atom. The van der Waals surface area contributed by atoms with Crippen LogP contribution in [0.25, 0.3) is 0 Å². The summed E-state index contributed by atoms with van der Waals surface area (Å²) in [4.78, 5) is 47.5. The molecule has 5 atom stereocenters. The van der Waals surface area contributed by atoms with Gasteiger partial charge in [-0.2, -0.15) is 0 Å². The Bertz CT molecular complexity index is 907. The summed E-state index contributed by atoms with van der Waals surface area (Å²) in [5.74, 6) is -0.278. The molecule has 3 amide bonds. The van der Waals surface area contributed by atoms with Crippen LogP contribution in [-0.2, 0) is 14.3 Å². The Labute approximate surface area is 219 Å². The first-order chi connectivity index (χ1) is 17.1. The second-order valence-corrected chi connectivity index (χ2v) is 11.4. The topological polar surface area (TPSA) is 104 Å². The maximum Gasteiger partial charge on any atom is 0.270 e. The number of ether oxygens (including phenoxy) is 1. The van der Waals surface area contributed by atoms with Gasteiger partial charge in [-0.3, -0.25) is 19.3 Å². The van der Waals surface area contributed by atoms with E-state index in [2.05, 4.69) is 20.5 Å². The van der Waals surface area contributed by atoms with Gasteiger partial charge in [-0.25, -0.2) is 4.98 Å². The normalized spacial score (nSPS) is 24.7. The van der Waals surface area contributed by atoms with E-state index in [-0.39, 0.29) is 47.9 Å². The SMILES string of the molecule is CC[C@H](C)[C@H](NC(=O)[C@H]1CCCCN1C)C(=O)N(C)[C@H]1CCO[C@@H](c2nc(C(=O)NC(C)C)cs2)C1. The van der Waals surface area contributed by atoms with Gasteiger partial charge < -0.3 is 20.3 Å². The van der Waals surface area contributed by atoms with Crippen LogP contribution < -0.4 is 10.6 Å². The summed E-state index contributed by atoms with van der Waals surface area (Å²) in [6, 6.07) is -0.734. The predicted molar refractivity (Wildman–Crippen MR) is 141 cm³/mol. The minimum atomic E-state index is -0.560. The number of aromatic nitrogens is 1. The largest absolute Gasteiger partial charge is 0.371 e. The Morgan fingerprint density at radius 2 is 1.97 bits per heavy atom. The van der Waals surface area contributed by atoms with E-state index in [1.807, 2.05) is 41.8 Å². The van der Waals surface area contributed by atoms with Crippen LogP contribution in [0.15, 0.2) is 5.38 Å². The second-order valence-electron chi connectivity index (χ2n) is 10.5. The van der Waals surface area contributed by atoms with Crippen molar-refractivity contribution in [1.29, 1.82) is 0 Å². The van der Waals surface area contributed by atoms with Gasteiger partial charge >= 0.3 is 0 Å². The van der Waals surface area contributed by atoms with Crippen LogP contribution in [0.1, 0.15) is 87.8 Å². The second kappa shape index (κ2) is 13.0. The number of thiazole rings is 1. The number of amides is 3. The van der Waals surface area contributed by atoms with Gasteiger partial charge in [-0.1, -0.05) is 26.7 Å². The molecule has 0 bridgehead atoms. The third-order valence-corrected chi connectivity index (χ3v) is 8.39. The molecule has 202 valence electrons. The van der Waals surface area contributed by atoms with Crippen molar-refractivity contribution >= 4 is 29.1 Å². The summed E-state index contributed by atoms with van der Waals surface area (Å²) >= 11 is 1.41. The molecule has 36 heavy (non-hydrogen) atoms. The van der Waals surface area contributed by atoms with Crippen molar-refractivity contribution in [2.45, 2.75) is 96.5 Å². The maximum atomic E-state index is 13.7. The number of hydrogen-bond donors (Lipinski definition) is 2. The van der Waals surface area contributed by atoms with Crippen LogP contribution in [-0.4, -0.2) is 83.9 Å². The van der Waals surface area contributed by atoms with Crippen molar-refractivity contribution in [2.24, 2.45) is 5.92 Å². The standard InChI is InChI=1S/C26H43N5O4S/c1-7-17(4)22(29-24(33)20-10-8-9-12-30(20)5)26(34)31(6)18-11-13-35-21(14-18)25-28-19(15-36-25)23(32)27-16(2)3/h15-18,20-22H,7-14H2,1-6H3,(H,27,32)(H,29,33)/t17-,18-,20+,21+,22-/m0/s1. The molecule has 0 aliphatic carbocycles. The highest BCUT2D eigenvalue weighted by Gasteiger charge is 2.37. The van der Waals surface area contributed by atoms with E-state index in [0.29, 0.717) is 18.7 Å². The van der Waals surface area contributed by atoms with Crippen LogP contribution in [0.4, 0.5) is 0 Å². The fourth-order valence-corrected chi connectivity index (χ4v) is 5.78. The summed E-state index contributed by atoms with van der Waals surface area (Å²) < 4.78 is 5.99. The van der Waals surface area contributed by atoms with Crippen LogP contribution >= 0.6 is 11.3 Å². The van der Waals surface area contributed by atoms with E-state index >= 15 is 0 Å². The van der Waals surface area contributed by atoms with Crippen molar-refractivity contribution < 1.29 is 19.1 Å². The van der Waals surface area contributed by atoms with Gasteiger partial charge in [0.2, 0.25) is 11.8 Å². The van der Waals surface area contributed by atoms with Crippen LogP contribution in [0.5, 0.6) is 0 Å². The number of likely N-dealkylation sites (N-methyl/N-ethyl adjacent to an activating group) is 2. The average molecular weight is 522 g/mol. The highest BCUT2D eigenvalue weighted by atomic mass is 32.1. The summed E-state index contributed by atoms with van der Waals surface area (Å²) in [6.45, 7) is 9.30. The van der Waals surface area contributed by atoms with E-state index in [1.54, 1.807) is 10.3 Å². The molecule has 1 aromatic rings. The average Bonchev–Trinajstić information content (AvgIpc) is 3.36. The zero-order valence-corrected chi connectivity index (χ0v) is 23.4. The Morgan fingerprint density at radius 1 is 1.22 bits per heavy atom. The molecular weight excluding hydrogens is 478 g/mol. The van der Waals surface area contributed by atoms with E-state index in [1.165, 1.54) is 11.3 Å². The number of likely N-dealkylation sites (tertiary alicyclic amines) is 1. The quantitative estimate of drug-likeness (QED) is 0.518. The zero-order valence-electron chi connectivity index (χ0n) is 22.6. The first-order valence-corrected chi connectivity index (χ1v) is 14.1. The number of piperidine rings is 1. The summed E-state index contributed by atoms with van der Waals surface area (Å²) in [7, 11) is 3.81. The molecule has 0 spiro atoms. The van der Waals surface area contributed by atoms with Gasteiger partial charge in [0, 0.05) is 37.5 Å². The number of hydrogen-bond acceptors (Lipinski definition) is 7. The van der Waals surface area contributed by atoms with Gasteiger partial charge in [0.05, 0.1) is 6.04 Å². The molecule has 0 aromatic carbocycles. The molecule has 0 unspecified atom stereocenters. The Kier molecular flexibility index (Phi) is 10.3. The summed E-state index contributed by atoms with van der Waals surface area (Å²) in [5, 5.41) is 8.47. The molecule has 0 saturated carbocycles. The van der Waals surface area contributed by atoms with Gasteiger partial charge in [-0.15, -0.1) is 11.3 Å². The molecule has 2 fully saturated rings. The fraction of sp³-hybridized carbons (Fsp3) is 0.769. The molecule has 1 aromatic heterocycles. The van der Waals surface area contributed by atoms with Crippen molar-refractivity contribution in [3.8, 4) is 0 Å². The van der Waals surface area contributed by atoms with Crippen molar-refractivity contribution in [3.63, 3.8) is 0 Å². The molecule has 2 aliphatic rings. The monoisotopic (exact) mass is 521 g/mol. The number of nitrogens with one attached hydrogen (secondary N) is 2. The first kappa shape index (κ1) is 28.5. The van der Waals surface area contributed by atoms with E-state index in [9.17, 15) is 14.4 Å². The fourth-order valence-electron chi connectivity index (χ4n) is 4.92. The van der Waals surface area contributed by atoms with Crippen LogP contribution in [0.3, 0.4) is 0 Å². The van der Waals surface area contributed by atoms with Gasteiger partial charge in [0.15, 0.2) is 0 Å². The van der Waals surface area contributed by atoms with Crippen LogP contribution in [0.2, 0.25) is 0 Å². The molecule has 3 heterocycles. The molecular formula is C26H43N5O4S. The molecule has 0 radical (unpaired) electrons. The lowest BCUT2D eigenvalue weighted by Gasteiger charge is -2.38. The minimum absolute atomic E-state index is 0.0226. The molecule has 9 nitrogen and oxygen atoms in total. The van der Waals surface area contributed by atoms with Gasteiger partial charge in [0.25, 0.3) is 5.91 Å². The lowest BCUT2D eigenvalue weighted by molar-refractivity contribution is -0.142. The molecule has 2 saturated heterocycles. The van der Waals surface area contributed by atoms with Crippen molar-refractivity contribution in [3.05, 3.63) is 16.1 Å². The molecule has 3 rings (SSSR count). The Hall–Kier alpha value is -2.04. The molecule has 2 aliphatic heterocycles. The lowest BCUT2D eigenvalue weighted by Crippen LogP contribution is -2.57. The number of carbonyl (C=O) groups is 3. The lowest BCUT2D eigenvalue weighted by atomic mass is 9.94. The van der Waals surface area contributed by atoms with Crippen LogP contribution in [0, 0.1) is 5.92 Å². The highest BCUT2D eigenvalue weighted by molar-refractivity contribution is 7.09. The molecule has 2 N–H and O–H groups in total. The highest BCUT2D eigenvalue weighted by Crippen LogP contribution is 2.32. The number of nitrogens with zero attached hydrogens (tertiary/aromatic N) is 3. The Balaban J connectivity index is 1.66. The maximum absolute atomic E-state index is 13.7. The van der Waals surface area contributed by atoms with Crippen molar-refractivity contribution in [2.75, 3.05) is 27.2 Å².